The predicted octanol–water partition coefficient (Wildman–Crippen LogP) is 2.39. The first kappa shape index (κ1) is 20.7. The van der Waals surface area contributed by atoms with E-state index in [2.05, 4.69) is 51.2 Å². The standard InChI is InChI=1S/C13H21NO.C4H4O4/c1-10(2)14-5-6-15-13-8-11(3)7-12(4)9-13;5-3(6)1-2-4(7)8/h7-10,14H,5-6H2,1-4H3;1-2H,(H,5,6)(H,7,8)/b;2-1-. The van der Waals surface area contributed by atoms with E-state index in [0.29, 0.717) is 18.2 Å². The maximum absolute atomic E-state index is 9.55. The number of carbonyl (C=O) groups is 2. The molecule has 0 atom stereocenters. The molecule has 6 heteroatoms. The van der Waals surface area contributed by atoms with Crippen LogP contribution in [0.3, 0.4) is 0 Å². The smallest absolute Gasteiger partial charge is 0.328 e. The van der Waals surface area contributed by atoms with Crippen molar-refractivity contribution in [2.45, 2.75) is 33.7 Å². The third-order valence-corrected chi connectivity index (χ3v) is 2.49. The monoisotopic (exact) mass is 323 g/mol. The molecule has 0 aliphatic carbocycles. The number of rotatable bonds is 7. The lowest BCUT2D eigenvalue weighted by Crippen LogP contribution is -2.27. The number of carboxylic acids is 2. The summed E-state index contributed by atoms with van der Waals surface area (Å²) in [5.74, 6) is -1.54. The van der Waals surface area contributed by atoms with Crippen molar-refractivity contribution in [3.63, 3.8) is 0 Å². The lowest BCUT2D eigenvalue weighted by molar-refractivity contribution is -0.134. The van der Waals surface area contributed by atoms with Gasteiger partial charge in [0.25, 0.3) is 0 Å². The molecule has 0 amide bonds. The number of carboxylic acid groups (broad SMARTS) is 2. The van der Waals surface area contributed by atoms with Crippen LogP contribution >= 0.6 is 0 Å². The van der Waals surface area contributed by atoms with Crippen LogP contribution in [0, 0.1) is 13.8 Å². The number of hydrogen-bond donors (Lipinski definition) is 3. The molecule has 0 aliphatic rings. The lowest BCUT2D eigenvalue weighted by Gasteiger charge is -2.10. The molecule has 0 aliphatic heterocycles. The molecular weight excluding hydrogens is 298 g/mol. The molecule has 1 aromatic carbocycles. The number of ether oxygens (including phenoxy) is 1. The lowest BCUT2D eigenvalue weighted by atomic mass is 10.1. The number of benzene rings is 1. The second-order valence-electron chi connectivity index (χ2n) is 5.29. The SMILES string of the molecule is Cc1cc(C)cc(OCCNC(C)C)c1.O=C(O)/C=C\C(=O)O. The highest BCUT2D eigenvalue weighted by molar-refractivity contribution is 5.89. The van der Waals surface area contributed by atoms with E-state index in [0.717, 1.165) is 18.9 Å². The van der Waals surface area contributed by atoms with E-state index in [4.69, 9.17) is 14.9 Å². The van der Waals surface area contributed by atoms with Crippen LogP contribution in [-0.2, 0) is 9.59 Å². The summed E-state index contributed by atoms with van der Waals surface area (Å²) < 4.78 is 5.66. The van der Waals surface area contributed by atoms with Gasteiger partial charge in [0.2, 0.25) is 0 Å². The fraction of sp³-hybridized carbons (Fsp3) is 0.412. The quantitative estimate of drug-likeness (QED) is 0.527. The molecule has 0 bridgehead atoms. The van der Waals surface area contributed by atoms with Crippen molar-refractivity contribution in [1.29, 1.82) is 0 Å². The van der Waals surface area contributed by atoms with Gasteiger partial charge in [-0.15, -0.1) is 0 Å². The third kappa shape index (κ3) is 13.1. The summed E-state index contributed by atoms with van der Waals surface area (Å²) in [6.45, 7) is 10.1. The Labute approximate surface area is 136 Å². The van der Waals surface area contributed by atoms with Crippen LogP contribution in [-0.4, -0.2) is 41.3 Å². The fourth-order valence-corrected chi connectivity index (χ4v) is 1.68. The first-order valence-corrected chi connectivity index (χ1v) is 7.29. The number of hydrogen-bond acceptors (Lipinski definition) is 4. The van der Waals surface area contributed by atoms with Crippen LogP contribution in [0.15, 0.2) is 30.4 Å². The van der Waals surface area contributed by atoms with Gasteiger partial charge in [-0.1, -0.05) is 19.9 Å². The number of aryl methyl sites for hydroxylation is 2. The van der Waals surface area contributed by atoms with E-state index >= 15 is 0 Å². The first-order valence-electron chi connectivity index (χ1n) is 7.29. The Kier molecular flexibility index (Phi) is 10.1. The first-order chi connectivity index (χ1) is 10.7. The summed E-state index contributed by atoms with van der Waals surface area (Å²) in [5, 5.41) is 18.9. The molecule has 6 nitrogen and oxygen atoms in total. The zero-order chi connectivity index (χ0) is 17.8. The summed E-state index contributed by atoms with van der Waals surface area (Å²) in [7, 11) is 0. The molecule has 1 aromatic rings. The van der Waals surface area contributed by atoms with Crippen LogP contribution in [0.2, 0.25) is 0 Å². The zero-order valence-corrected chi connectivity index (χ0v) is 14.0. The van der Waals surface area contributed by atoms with Gasteiger partial charge in [0.15, 0.2) is 0 Å². The highest BCUT2D eigenvalue weighted by Gasteiger charge is 1.97. The molecule has 0 radical (unpaired) electrons. The van der Waals surface area contributed by atoms with Crippen molar-refractivity contribution >= 4 is 11.9 Å². The average molecular weight is 323 g/mol. The molecule has 23 heavy (non-hydrogen) atoms. The largest absolute Gasteiger partial charge is 0.492 e. The van der Waals surface area contributed by atoms with Crippen molar-refractivity contribution in [3.8, 4) is 5.75 Å². The predicted molar refractivity (Wildman–Crippen MR) is 89.0 cm³/mol. The minimum absolute atomic E-state index is 0.521. The Morgan fingerprint density at radius 3 is 1.96 bits per heavy atom. The average Bonchev–Trinajstić information content (AvgIpc) is 2.41. The van der Waals surface area contributed by atoms with Crippen LogP contribution in [0.4, 0.5) is 0 Å². The van der Waals surface area contributed by atoms with Gasteiger partial charge in [0, 0.05) is 24.7 Å². The number of aliphatic carboxylic acids is 2. The zero-order valence-electron chi connectivity index (χ0n) is 14.0. The topological polar surface area (TPSA) is 95.9 Å². The van der Waals surface area contributed by atoms with Gasteiger partial charge in [-0.05, 0) is 37.1 Å². The summed E-state index contributed by atoms with van der Waals surface area (Å²) >= 11 is 0. The number of nitrogens with one attached hydrogen (secondary N) is 1. The van der Waals surface area contributed by atoms with E-state index < -0.39 is 11.9 Å². The van der Waals surface area contributed by atoms with E-state index in [1.807, 2.05) is 0 Å². The fourth-order valence-electron chi connectivity index (χ4n) is 1.68. The third-order valence-electron chi connectivity index (χ3n) is 2.49. The molecule has 0 heterocycles. The van der Waals surface area contributed by atoms with Gasteiger partial charge < -0.3 is 20.3 Å². The van der Waals surface area contributed by atoms with Crippen molar-refractivity contribution in [2.75, 3.05) is 13.2 Å². The normalized spacial score (nSPS) is 10.3. The highest BCUT2D eigenvalue weighted by atomic mass is 16.5. The summed E-state index contributed by atoms with van der Waals surface area (Å²) in [6, 6.07) is 6.82. The molecule has 0 fully saturated rings. The highest BCUT2D eigenvalue weighted by Crippen LogP contribution is 2.15. The second kappa shape index (κ2) is 11.3. The van der Waals surface area contributed by atoms with E-state index in [-0.39, 0.29) is 0 Å². The van der Waals surface area contributed by atoms with Crippen LogP contribution < -0.4 is 10.1 Å². The summed E-state index contributed by atoms with van der Waals surface area (Å²) in [4.78, 5) is 19.1. The molecule has 0 saturated heterocycles. The maximum Gasteiger partial charge on any atom is 0.328 e. The Balaban J connectivity index is 0.000000515. The summed E-state index contributed by atoms with van der Waals surface area (Å²) in [5.41, 5.74) is 2.50. The molecule has 0 spiro atoms. The molecule has 0 unspecified atom stereocenters. The Morgan fingerprint density at radius 2 is 1.57 bits per heavy atom. The Morgan fingerprint density at radius 1 is 1.09 bits per heavy atom. The minimum Gasteiger partial charge on any atom is -0.492 e. The van der Waals surface area contributed by atoms with Gasteiger partial charge in [-0.25, -0.2) is 9.59 Å². The molecular formula is C17H25NO5. The molecule has 0 saturated carbocycles. The minimum atomic E-state index is -1.26. The van der Waals surface area contributed by atoms with E-state index in [1.54, 1.807) is 0 Å². The van der Waals surface area contributed by atoms with E-state index in [1.165, 1.54) is 11.1 Å². The maximum atomic E-state index is 9.55. The molecule has 0 aromatic heterocycles. The van der Waals surface area contributed by atoms with Gasteiger partial charge in [-0.2, -0.15) is 0 Å². The van der Waals surface area contributed by atoms with Crippen molar-refractivity contribution in [1.82, 2.24) is 5.32 Å². The van der Waals surface area contributed by atoms with Crippen LogP contribution in [0.1, 0.15) is 25.0 Å². The van der Waals surface area contributed by atoms with E-state index in [9.17, 15) is 9.59 Å². The van der Waals surface area contributed by atoms with Crippen LogP contribution in [0.5, 0.6) is 5.75 Å². The molecule has 1 rings (SSSR count). The van der Waals surface area contributed by atoms with Crippen molar-refractivity contribution < 1.29 is 24.5 Å². The molecule has 128 valence electrons. The van der Waals surface area contributed by atoms with Gasteiger partial charge in [-0.3, -0.25) is 0 Å². The van der Waals surface area contributed by atoms with Crippen molar-refractivity contribution in [2.24, 2.45) is 0 Å². The van der Waals surface area contributed by atoms with Gasteiger partial charge in [0.05, 0.1) is 0 Å². The summed E-state index contributed by atoms with van der Waals surface area (Å²) in [6.07, 6.45) is 1.12. The second-order valence-corrected chi connectivity index (χ2v) is 5.29. The van der Waals surface area contributed by atoms with Gasteiger partial charge >= 0.3 is 11.9 Å². The molecule has 3 N–H and O–H groups in total. The Hall–Kier alpha value is -2.34. The van der Waals surface area contributed by atoms with Gasteiger partial charge in [0.1, 0.15) is 12.4 Å². The van der Waals surface area contributed by atoms with Crippen molar-refractivity contribution in [3.05, 3.63) is 41.5 Å². The Bertz CT molecular complexity index is 502. The van der Waals surface area contributed by atoms with Crippen LogP contribution in [0.25, 0.3) is 0 Å².